The number of aliphatic hydroxyl groups is 1. The summed E-state index contributed by atoms with van der Waals surface area (Å²) < 4.78 is 5.21. The highest BCUT2D eigenvalue weighted by molar-refractivity contribution is 5.77. The van der Waals surface area contributed by atoms with Gasteiger partial charge in [-0.25, -0.2) is 4.79 Å². The lowest BCUT2D eigenvalue weighted by molar-refractivity contribution is -0.198. The van der Waals surface area contributed by atoms with Gasteiger partial charge in [0, 0.05) is 5.56 Å². The Bertz CT molecular complexity index is 524. The van der Waals surface area contributed by atoms with Crippen LogP contribution in [0.2, 0.25) is 0 Å². The molecule has 0 radical (unpaired) electrons. The zero-order valence-corrected chi connectivity index (χ0v) is 9.48. The van der Waals surface area contributed by atoms with E-state index in [1.54, 1.807) is 48.5 Å². The Morgan fingerprint density at radius 3 is 1.94 bits per heavy atom. The third-order valence-electron chi connectivity index (χ3n) is 2.46. The van der Waals surface area contributed by atoms with Crippen LogP contribution in [0, 0.1) is 0 Å². The molecular formula is C14H12O4. The lowest BCUT2D eigenvalue weighted by Gasteiger charge is -2.24. The summed E-state index contributed by atoms with van der Waals surface area (Å²) in [4.78, 5) is 11.3. The van der Waals surface area contributed by atoms with E-state index in [-0.39, 0.29) is 11.3 Å². The lowest BCUT2D eigenvalue weighted by Crippen LogP contribution is -2.41. The van der Waals surface area contributed by atoms with Gasteiger partial charge in [0.05, 0.1) is 0 Å². The number of ether oxygens (including phenoxy) is 1. The number of carboxylic acid groups (broad SMARTS) is 1. The molecule has 2 aromatic rings. The summed E-state index contributed by atoms with van der Waals surface area (Å²) in [6.07, 6.45) is 0. The van der Waals surface area contributed by atoms with Gasteiger partial charge in [-0.05, 0) is 12.1 Å². The molecule has 0 saturated carbocycles. The van der Waals surface area contributed by atoms with Crippen molar-refractivity contribution in [1.29, 1.82) is 0 Å². The topological polar surface area (TPSA) is 66.8 Å². The normalized spacial score (nSPS) is 13.6. The number of para-hydroxylation sites is 1. The number of aliphatic carboxylic acids is 1. The quantitative estimate of drug-likeness (QED) is 0.807. The van der Waals surface area contributed by atoms with Crippen LogP contribution in [0.15, 0.2) is 60.7 Å². The van der Waals surface area contributed by atoms with E-state index >= 15 is 0 Å². The predicted octanol–water partition coefficient (Wildman–Crippen LogP) is 2.00. The highest BCUT2D eigenvalue weighted by atomic mass is 16.6. The van der Waals surface area contributed by atoms with Crippen LogP contribution in [-0.4, -0.2) is 16.2 Å². The second-order valence-corrected chi connectivity index (χ2v) is 3.73. The van der Waals surface area contributed by atoms with Crippen molar-refractivity contribution in [3.8, 4) is 5.75 Å². The summed E-state index contributed by atoms with van der Waals surface area (Å²) in [7, 11) is 0. The molecule has 0 unspecified atom stereocenters. The van der Waals surface area contributed by atoms with Gasteiger partial charge in [-0.3, -0.25) is 0 Å². The lowest BCUT2D eigenvalue weighted by atomic mass is 10.1. The van der Waals surface area contributed by atoms with Gasteiger partial charge in [-0.2, -0.15) is 0 Å². The van der Waals surface area contributed by atoms with Gasteiger partial charge in [0.1, 0.15) is 5.75 Å². The number of rotatable bonds is 4. The standard InChI is InChI=1S/C14H12O4/c15-13(16)14(17,11-7-3-1-4-8-11)18-12-9-5-2-6-10-12/h1-10,17H,(H,15,16)/t14-/m0/s1. The van der Waals surface area contributed by atoms with Crippen LogP contribution in [0.5, 0.6) is 5.75 Å². The molecular weight excluding hydrogens is 232 g/mol. The summed E-state index contributed by atoms with van der Waals surface area (Å²) in [5.41, 5.74) is 0.168. The summed E-state index contributed by atoms with van der Waals surface area (Å²) >= 11 is 0. The second kappa shape index (κ2) is 4.89. The fourth-order valence-corrected chi connectivity index (χ4v) is 1.55. The summed E-state index contributed by atoms with van der Waals surface area (Å²) in [6, 6.07) is 16.3. The molecule has 0 spiro atoms. The van der Waals surface area contributed by atoms with E-state index in [0.29, 0.717) is 0 Å². The van der Waals surface area contributed by atoms with Crippen LogP contribution in [0.1, 0.15) is 5.56 Å². The molecule has 92 valence electrons. The second-order valence-electron chi connectivity index (χ2n) is 3.73. The van der Waals surface area contributed by atoms with E-state index in [0.717, 1.165) is 0 Å². The van der Waals surface area contributed by atoms with Gasteiger partial charge < -0.3 is 14.9 Å². The minimum atomic E-state index is -2.39. The van der Waals surface area contributed by atoms with Gasteiger partial charge >= 0.3 is 11.8 Å². The molecule has 2 rings (SSSR count). The number of carboxylic acids is 1. The van der Waals surface area contributed by atoms with Gasteiger partial charge in [-0.15, -0.1) is 0 Å². The van der Waals surface area contributed by atoms with Crippen molar-refractivity contribution in [1.82, 2.24) is 0 Å². The minimum absolute atomic E-state index is 0.168. The van der Waals surface area contributed by atoms with Crippen molar-refractivity contribution in [2.75, 3.05) is 0 Å². The van der Waals surface area contributed by atoms with Crippen LogP contribution in [0.4, 0.5) is 0 Å². The molecule has 0 aromatic heterocycles. The van der Waals surface area contributed by atoms with Crippen LogP contribution in [0.25, 0.3) is 0 Å². The molecule has 2 N–H and O–H groups in total. The Hall–Kier alpha value is -2.33. The molecule has 0 fully saturated rings. The van der Waals surface area contributed by atoms with Crippen molar-refractivity contribution >= 4 is 5.97 Å². The van der Waals surface area contributed by atoms with Crippen molar-refractivity contribution in [2.24, 2.45) is 0 Å². The van der Waals surface area contributed by atoms with Gasteiger partial charge in [0.25, 0.3) is 0 Å². The molecule has 0 amide bonds. The predicted molar refractivity (Wildman–Crippen MR) is 65.0 cm³/mol. The molecule has 0 aliphatic carbocycles. The zero-order chi connectivity index (χ0) is 13.0. The monoisotopic (exact) mass is 244 g/mol. The molecule has 4 nitrogen and oxygen atoms in total. The number of hydrogen-bond acceptors (Lipinski definition) is 3. The third kappa shape index (κ3) is 2.33. The molecule has 0 aliphatic rings. The zero-order valence-electron chi connectivity index (χ0n) is 9.48. The third-order valence-corrected chi connectivity index (χ3v) is 2.46. The van der Waals surface area contributed by atoms with Gasteiger partial charge in [0.15, 0.2) is 0 Å². The van der Waals surface area contributed by atoms with Crippen LogP contribution >= 0.6 is 0 Å². The van der Waals surface area contributed by atoms with E-state index in [1.807, 2.05) is 0 Å². The van der Waals surface area contributed by atoms with Gasteiger partial charge in [0.2, 0.25) is 0 Å². The average Bonchev–Trinajstić information content (AvgIpc) is 2.40. The molecule has 0 bridgehead atoms. The van der Waals surface area contributed by atoms with Crippen LogP contribution in [-0.2, 0) is 10.6 Å². The van der Waals surface area contributed by atoms with E-state index < -0.39 is 11.8 Å². The van der Waals surface area contributed by atoms with Crippen LogP contribution in [0.3, 0.4) is 0 Å². The smallest absolute Gasteiger partial charge is 0.382 e. The maximum Gasteiger partial charge on any atom is 0.382 e. The highest BCUT2D eigenvalue weighted by Gasteiger charge is 2.41. The van der Waals surface area contributed by atoms with Crippen molar-refractivity contribution in [3.05, 3.63) is 66.2 Å². The first-order valence-corrected chi connectivity index (χ1v) is 5.38. The number of carbonyl (C=O) groups is 1. The van der Waals surface area contributed by atoms with Crippen molar-refractivity contribution in [2.45, 2.75) is 5.79 Å². The maximum atomic E-state index is 11.3. The average molecular weight is 244 g/mol. The Balaban J connectivity index is 2.37. The van der Waals surface area contributed by atoms with Crippen molar-refractivity contribution < 1.29 is 19.7 Å². The minimum Gasteiger partial charge on any atom is -0.476 e. The highest BCUT2D eigenvalue weighted by Crippen LogP contribution is 2.26. The van der Waals surface area contributed by atoms with E-state index in [1.165, 1.54) is 12.1 Å². The molecule has 2 aromatic carbocycles. The van der Waals surface area contributed by atoms with E-state index in [2.05, 4.69) is 0 Å². The molecule has 0 saturated heterocycles. The first kappa shape index (κ1) is 12.1. The molecule has 0 aliphatic heterocycles. The van der Waals surface area contributed by atoms with E-state index in [4.69, 9.17) is 4.74 Å². The Morgan fingerprint density at radius 2 is 1.44 bits per heavy atom. The Morgan fingerprint density at radius 1 is 0.944 bits per heavy atom. The number of hydrogen-bond donors (Lipinski definition) is 2. The fourth-order valence-electron chi connectivity index (χ4n) is 1.55. The first-order chi connectivity index (χ1) is 8.63. The summed E-state index contributed by atoms with van der Waals surface area (Å²) in [6.45, 7) is 0. The van der Waals surface area contributed by atoms with Crippen LogP contribution < -0.4 is 4.74 Å². The molecule has 0 heterocycles. The fraction of sp³-hybridized carbons (Fsp3) is 0.0714. The Kier molecular flexibility index (Phi) is 3.30. The van der Waals surface area contributed by atoms with Crippen molar-refractivity contribution in [3.63, 3.8) is 0 Å². The first-order valence-electron chi connectivity index (χ1n) is 5.38. The maximum absolute atomic E-state index is 11.3. The Labute approximate surface area is 104 Å². The van der Waals surface area contributed by atoms with Gasteiger partial charge in [-0.1, -0.05) is 48.5 Å². The molecule has 1 atom stereocenters. The molecule has 4 heteroatoms. The van der Waals surface area contributed by atoms with E-state index in [9.17, 15) is 15.0 Å². The summed E-state index contributed by atoms with van der Waals surface area (Å²) in [5, 5.41) is 19.4. The largest absolute Gasteiger partial charge is 0.476 e. The SMILES string of the molecule is O=C(O)[C@@](O)(Oc1ccccc1)c1ccccc1. The molecule has 18 heavy (non-hydrogen) atoms. The number of benzene rings is 2. The summed E-state index contributed by atoms with van der Waals surface area (Å²) in [5.74, 6) is -3.56.